The van der Waals surface area contributed by atoms with Gasteiger partial charge in [-0.05, 0) is 30.2 Å². The van der Waals surface area contributed by atoms with E-state index in [0.29, 0.717) is 28.0 Å². The molecule has 0 spiro atoms. The van der Waals surface area contributed by atoms with Gasteiger partial charge >= 0.3 is 0 Å². The van der Waals surface area contributed by atoms with Crippen LogP contribution in [0, 0.1) is 0 Å². The average Bonchev–Trinajstić information content (AvgIpc) is 3.10. The number of thioether (sulfide) groups is 1. The highest BCUT2D eigenvalue weighted by Gasteiger charge is 2.13. The van der Waals surface area contributed by atoms with E-state index in [-0.39, 0.29) is 17.4 Å². The highest BCUT2D eigenvalue weighted by atomic mass is 35.5. The Balaban J connectivity index is 1.57. The van der Waals surface area contributed by atoms with E-state index >= 15 is 0 Å². The maximum atomic E-state index is 12.1. The van der Waals surface area contributed by atoms with Gasteiger partial charge in [-0.1, -0.05) is 53.7 Å². The fraction of sp³-hybridized carbons (Fsp3) is 0.143. The molecule has 0 saturated carbocycles. The minimum Gasteiger partial charge on any atom is -0.507 e. The number of rotatable bonds is 8. The van der Waals surface area contributed by atoms with E-state index < -0.39 is 0 Å². The number of aromatic nitrogens is 3. The SMILES string of the molecule is C=CCc1cccc(/C=N/NC(=O)CSc2nnc(-c3cccc(Cl)c3)n2C)c1O. The third kappa shape index (κ3) is 5.28. The topological polar surface area (TPSA) is 92.4 Å². The first-order valence-corrected chi connectivity index (χ1v) is 10.4. The third-order valence-corrected chi connectivity index (χ3v) is 5.41. The summed E-state index contributed by atoms with van der Waals surface area (Å²) in [5.41, 5.74) is 4.55. The standard InChI is InChI=1S/C21H20ClN5O2S/c1-3-6-14-7-4-9-16(19(14)29)12-23-24-18(28)13-30-21-26-25-20(27(21)2)15-8-5-10-17(22)11-15/h3-5,7-12,29H,1,6,13H2,2H3,(H,24,28)/b23-12+. The summed E-state index contributed by atoms with van der Waals surface area (Å²) < 4.78 is 1.80. The summed E-state index contributed by atoms with van der Waals surface area (Å²) in [6, 6.07) is 12.7. The summed E-state index contributed by atoms with van der Waals surface area (Å²) in [4.78, 5) is 12.1. The van der Waals surface area contributed by atoms with E-state index in [1.54, 1.807) is 28.8 Å². The lowest BCUT2D eigenvalue weighted by molar-refractivity contribution is -0.118. The number of allylic oxidation sites excluding steroid dienone is 1. The van der Waals surface area contributed by atoms with Crippen molar-refractivity contribution in [1.29, 1.82) is 0 Å². The number of halogens is 1. The Labute approximate surface area is 183 Å². The molecule has 0 atom stereocenters. The summed E-state index contributed by atoms with van der Waals surface area (Å²) >= 11 is 7.28. The van der Waals surface area contributed by atoms with Crippen LogP contribution in [0.2, 0.25) is 5.02 Å². The number of para-hydroxylation sites is 1. The zero-order chi connectivity index (χ0) is 21.5. The van der Waals surface area contributed by atoms with Crippen molar-refractivity contribution in [2.75, 3.05) is 5.75 Å². The molecular weight excluding hydrogens is 422 g/mol. The molecule has 0 aliphatic carbocycles. The van der Waals surface area contributed by atoms with Crippen LogP contribution in [0.4, 0.5) is 0 Å². The molecule has 0 bridgehead atoms. The highest BCUT2D eigenvalue weighted by molar-refractivity contribution is 7.99. The van der Waals surface area contributed by atoms with Crippen LogP contribution in [0.5, 0.6) is 5.75 Å². The molecule has 0 aliphatic heterocycles. The Bertz CT molecular complexity index is 1100. The smallest absolute Gasteiger partial charge is 0.250 e. The Morgan fingerprint density at radius 2 is 2.13 bits per heavy atom. The molecule has 2 aromatic carbocycles. The highest BCUT2D eigenvalue weighted by Crippen LogP contribution is 2.24. The summed E-state index contributed by atoms with van der Waals surface area (Å²) in [6.45, 7) is 3.66. The second-order valence-corrected chi connectivity index (χ2v) is 7.68. The van der Waals surface area contributed by atoms with Crippen LogP contribution in [0.15, 0.2) is 65.4 Å². The minimum absolute atomic E-state index is 0.112. The number of phenols is 1. The Kier molecular flexibility index (Phi) is 7.26. The number of phenolic OH excluding ortho intramolecular Hbond substituents is 1. The predicted molar refractivity (Wildman–Crippen MR) is 120 cm³/mol. The number of benzene rings is 2. The Hall–Kier alpha value is -3.10. The van der Waals surface area contributed by atoms with Crippen molar-refractivity contribution < 1.29 is 9.90 Å². The first-order chi connectivity index (χ1) is 14.5. The number of hydrazone groups is 1. The molecule has 3 aromatic rings. The van der Waals surface area contributed by atoms with Gasteiger partial charge in [0.15, 0.2) is 11.0 Å². The fourth-order valence-corrected chi connectivity index (χ4v) is 3.59. The van der Waals surface area contributed by atoms with Crippen LogP contribution < -0.4 is 5.43 Å². The van der Waals surface area contributed by atoms with Gasteiger partial charge < -0.3 is 9.67 Å². The monoisotopic (exact) mass is 441 g/mol. The molecule has 1 amide bonds. The molecule has 0 fully saturated rings. The normalized spacial score (nSPS) is 11.0. The number of nitrogens with one attached hydrogen (secondary N) is 1. The van der Waals surface area contributed by atoms with Gasteiger partial charge in [-0.2, -0.15) is 5.10 Å². The average molecular weight is 442 g/mol. The van der Waals surface area contributed by atoms with Gasteiger partial charge in [0, 0.05) is 23.2 Å². The summed E-state index contributed by atoms with van der Waals surface area (Å²) in [7, 11) is 1.83. The molecule has 0 unspecified atom stereocenters. The van der Waals surface area contributed by atoms with Gasteiger partial charge in [-0.3, -0.25) is 4.79 Å². The maximum absolute atomic E-state index is 12.1. The fourth-order valence-electron chi connectivity index (χ4n) is 2.69. The van der Waals surface area contributed by atoms with E-state index in [2.05, 4.69) is 27.3 Å². The second kappa shape index (κ2) is 10.1. The van der Waals surface area contributed by atoms with Crippen molar-refractivity contribution in [1.82, 2.24) is 20.2 Å². The molecule has 1 heterocycles. The molecule has 3 rings (SSSR count). The number of nitrogens with zero attached hydrogens (tertiary/aromatic N) is 4. The van der Waals surface area contributed by atoms with Crippen molar-refractivity contribution in [3.05, 3.63) is 71.3 Å². The molecule has 154 valence electrons. The Morgan fingerprint density at radius 1 is 1.33 bits per heavy atom. The summed E-state index contributed by atoms with van der Waals surface area (Å²) in [5.74, 6) is 0.595. The number of hydrogen-bond donors (Lipinski definition) is 2. The molecule has 0 saturated heterocycles. The molecule has 30 heavy (non-hydrogen) atoms. The van der Waals surface area contributed by atoms with E-state index in [9.17, 15) is 9.90 Å². The van der Waals surface area contributed by atoms with Crippen molar-refractivity contribution in [3.8, 4) is 17.1 Å². The van der Waals surface area contributed by atoms with Gasteiger partial charge in [0.25, 0.3) is 5.91 Å². The van der Waals surface area contributed by atoms with Crippen LogP contribution in [-0.4, -0.2) is 37.7 Å². The van der Waals surface area contributed by atoms with Gasteiger partial charge in [0.05, 0.1) is 12.0 Å². The van der Waals surface area contributed by atoms with Crippen LogP contribution in [-0.2, 0) is 18.3 Å². The van der Waals surface area contributed by atoms with E-state index in [0.717, 1.165) is 11.1 Å². The van der Waals surface area contributed by atoms with Crippen molar-refractivity contribution >= 4 is 35.5 Å². The Morgan fingerprint density at radius 3 is 2.90 bits per heavy atom. The lowest BCUT2D eigenvalue weighted by atomic mass is 10.1. The van der Waals surface area contributed by atoms with Gasteiger partial charge in [-0.25, -0.2) is 5.43 Å². The summed E-state index contributed by atoms with van der Waals surface area (Å²) in [6.07, 6.45) is 3.66. The molecule has 0 radical (unpaired) electrons. The minimum atomic E-state index is -0.301. The number of hydrogen-bond acceptors (Lipinski definition) is 6. The largest absolute Gasteiger partial charge is 0.507 e. The number of amides is 1. The zero-order valence-electron chi connectivity index (χ0n) is 16.2. The van der Waals surface area contributed by atoms with E-state index in [1.165, 1.54) is 18.0 Å². The molecule has 7 nitrogen and oxygen atoms in total. The van der Waals surface area contributed by atoms with Gasteiger partial charge in [0.1, 0.15) is 5.75 Å². The first kappa shape index (κ1) is 21.6. The number of aromatic hydroxyl groups is 1. The van der Waals surface area contributed by atoms with Crippen LogP contribution >= 0.6 is 23.4 Å². The molecule has 1 aromatic heterocycles. The maximum Gasteiger partial charge on any atom is 0.250 e. The van der Waals surface area contributed by atoms with Crippen LogP contribution in [0.1, 0.15) is 11.1 Å². The van der Waals surface area contributed by atoms with E-state index in [1.807, 2.05) is 31.3 Å². The van der Waals surface area contributed by atoms with Gasteiger partial charge in [0.2, 0.25) is 0 Å². The van der Waals surface area contributed by atoms with Crippen molar-refractivity contribution in [2.45, 2.75) is 11.6 Å². The lowest BCUT2D eigenvalue weighted by Gasteiger charge is -2.05. The van der Waals surface area contributed by atoms with Crippen molar-refractivity contribution in [3.63, 3.8) is 0 Å². The molecular formula is C21H20ClN5O2S. The van der Waals surface area contributed by atoms with Crippen LogP contribution in [0.3, 0.4) is 0 Å². The summed E-state index contributed by atoms with van der Waals surface area (Å²) in [5, 5.41) is 23.6. The number of carbonyl (C=O) groups is 1. The van der Waals surface area contributed by atoms with E-state index in [4.69, 9.17) is 11.6 Å². The number of carbonyl (C=O) groups excluding carboxylic acids is 1. The third-order valence-electron chi connectivity index (χ3n) is 4.16. The molecule has 9 heteroatoms. The second-order valence-electron chi connectivity index (χ2n) is 6.31. The lowest BCUT2D eigenvalue weighted by Crippen LogP contribution is -2.20. The van der Waals surface area contributed by atoms with Gasteiger partial charge in [-0.15, -0.1) is 16.8 Å². The van der Waals surface area contributed by atoms with Crippen LogP contribution in [0.25, 0.3) is 11.4 Å². The molecule has 2 N–H and O–H groups in total. The van der Waals surface area contributed by atoms with Crippen molar-refractivity contribution in [2.24, 2.45) is 12.1 Å². The predicted octanol–water partition coefficient (Wildman–Crippen LogP) is 3.81. The zero-order valence-corrected chi connectivity index (χ0v) is 17.8. The first-order valence-electron chi connectivity index (χ1n) is 9.01. The molecule has 0 aliphatic rings. The quantitative estimate of drug-likeness (QED) is 0.240.